The van der Waals surface area contributed by atoms with Crippen LogP contribution in [0.15, 0.2) is 18.2 Å². The Hall–Kier alpha value is -1.63. The number of aromatic nitrogens is 3. The van der Waals surface area contributed by atoms with Gasteiger partial charge in [0, 0.05) is 6.04 Å². The minimum atomic E-state index is -0.471. The predicted octanol–water partition coefficient (Wildman–Crippen LogP) is 1.99. The molecule has 0 spiro atoms. The summed E-state index contributed by atoms with van der Waals surface area (Å²) in [6.07, 6.45) is 0. The van der Waals surface area contributed by atoms with Crippen LogP contribution in [0.2, 0.25) is 10.0 Å². The summed E-state index contributed by atoms with van der Waals surface area (Å²) in [6, 6.07) is 4.69. The first-order valence-electron chi connectivity index (χ1n) is 6.23. The van der Waals surface area contributed by atoms with E-state index < -0.39 is 5.91 Å². The molecule has 1 aromatic carbocycles. The highest BCUT2D eigenvalue weighted by atomic mass is 35.5. The summed E-state index contributed by atoms with van der Waals surface area (Å²) in [5.74, 6) is -0.00263. The average molecular weight is 329 g/mol. The van der Waals surface area contributed by atoms with Gasteiger partial charge in [0.2, 0.25) is 5.82 Å². The van der Waals surface area contributed by atoms with Crippen LogP contribution in [0.4, 0.5) is 0 Å². The molecule has 6 nitrogen and oxygen atoms in total. The second kappa shape index (κ2) is 6.43. The summed E-state index contributed by atoms with van der Waals surface area (Å²) in [5, 5.41) is 16.5. The first kappa shape index (κ1) is 15.8. The molecule has 1 atom stereocenters. The van der Waals surface area contributed by atoms with Gasteiger partial charge < -0.3 is 10.4 Å². The van der Waals surface area contributed by atoms with E-state index in [1.165, 1.54) is 4.68 Å². The van der Waals surface area contributed by atoms with Crippen molar-refractivity contribution in [3.8, 4) is 5.69 Å². The normalized spacial score (nSPS) is 12.2. The van der Waals surface area contributed by atoms with E-state index in [0.717, 1.165) is 0 Å². The smallest absolute Gasteiger partial charge is 0.291 e. The molecule has 2 N–H and O–H groups in total. The molecule has 1 aromatic heterocycles. The van der Waals surface area contributed by atoms with Crippen LogP contribution in [0.25, 0.3) is 5.69 Å². The Morgan fingerprint density at radius 1 is 1.43 bits per heavy atom. The second-order valence-electron chi connectivity index (χ2n) is 4.52. The standard InChI is InChI=1S/C13H14Cl2N4O2/c1-7(6-20)16-13(21)12-17-8(2)19(18-12)11-9(14)4-3-5-10(11)15/h3-5,7,20H,6H2,1-2H3,(H,16,21). The Morgan fingerprint density at radius 3 is 2.62 bits per heavy atom. The van der Waals surface area contributed by atoms with Crippen LogP contribution in [0.1, 0.15) is 23.4 Å². The molecule has 0 aliphatic heterocycles. The maximum atomic E-state index is 12.0. The van der Waals surface area contributed by atoms with Crippen LogP contribution in [-0.4, -0.2) is 38.4 Å². The molecule has 0 saturated carbocycles. The lowest BCUT2D eigenvalue weighted by atomic mass is 10.3. The number of rotatable bonds is 4. The van der Waals surface area contributed by atoms with Gasteiger partial charge in [-0.15, -0.1) is 5.10 Å². The maximum absolute atomic E-state index is 12.0. The quantitative estimate of drug-likeness (QED) is 0.899. The zero-order chi connectivity index (χ0) is 15.6. The summed E-state index contributed by atoms with van der Waals surface area (Å²) < 4.78 is 1.42. The van der Waals surface area contributed by atoms with Crippen LogP contribution in [0.5, 0.6) is 0 Å². The number of carbonyl (C=O) groups is 1. The fraction of sp³-hybridized carbons (Fsp3) is 0.308. The molecule has 0 aliphatic rings. The SMILES string of the molecule is Cc1nc(C(=O)NC(C)CO)nn1-c1c(Cl)cccc1Cl. The molecule has 112 valence electrons. The molecule has 2 aromatic rings. The molecule has 0 radical (unpaired) electrons. The van der Waals surface area contributed by atoms with Crippen molar-refractivity contribution in [2.45, 2.75) is 19.9 Å². The van der Waals surface area contributed by atoms with Gasteiger partial charge in [0.15, 0.2) is 0 Å². The van der Waals surface area contributed by atoms with Crippen LogP contribution in [0.3, 0.4) is 0 Å². The minimum absolute atomic E-state index is 0.0104. The topological polar surface area (TPSA) is 80.0 Å². The van der Waals surface area contributed by atoms with Crippen molar-refractivity contribution < 1.29 is 9.90 Å². The highest BCUT2D eigenvalue weighted by Crippen LogP contribution is 2.28. The Labute approximate surface area is 131 Å². The molecule has 0 aliphatic carbocycles. The summed E-state index contributed by atoms with van der Waals surface area (Å²) in [4.78, 5) is 16.1. The van der Waals surface area contributed by atoms with Gasteiger partial charge in [-0.25, -0.2) is 9.67 Å². The number of halogens is 2. The largest absolute Gasteiger partial charge is 0.394 e. The summed E-state index contributed by atoms with van der Waals surface area (Å²) in [5.41, 5.74) is 0.472. The van der Waals surface area contributed by atoms with Crippen molar-refractivity contribution in [2.75, 3.05) is 6.61 Å². The Morgan fingerprint density at radius 2 is 2.05 bits per heavy atom. The lowest BCUT2D eigenvalue weighted by Crippen LogP contribution is -2.35. The molecule has 0 saturated heterocycles. The van der Waals surface area contributed by atoms with E-state index in [1.807, 2.05) is 0 Å². The van der Waals surface area contributed by atoms with Gasteiger partial charge in [-0.3, -0.25) is 4.79 Å². The number of aliphatic hydroxyl groups excluding tert-OH is 1. The van der Waals surface area contributed by atoms with Crippen molar-refractivity contribution >= 4 is 29.1 Å². The highest BCUT2D eigenvalue weighted by molar-refractivity contribution is 6.37. The molecule has 1 unspecified atom stereocenters. The van der Waals surface area contributed by atoms with Gasteiger partial charge >= 0.3 is 0 Å². The van der Waals surface area contributed by atoms with Gasteiger partial charge in [-0.1, -0.05) is 29.3 Å². The van der Waals surface area contributed by atoms with Crippen LogP contribution in [0, 0.1) is 6.92 Å². The number of hydrogen-bond donors (Lipinski definition) is 2. The van der Waals surface area contributed by atoms with E-state index in [2.05, 4.69) is 15.4 Å². The number of benzene rings is 1. The van der Waals surface area contributed by atoms with Crippen LogP contribution < -0.4 is 5.32 Å². The molecule has 21 heavy (non-hydrogen) atoms. The van der Waals surface area contributed by atoms with Crippen LogP contribution >= 0.6 is 23.2 Å². The third-order valence-corrected chi connectivity index (χ3v) is 3.38. The number of aliphatic hydroxyl groups is 1. The third kappa shape index (κ3) is 3.34. The number of aryl methyl sites for hydroxylation is 1. The van der Waals surface area contributed by atoms with Gasteiger partial charge in [-0.05, 0) is 26.0 Å². The van der Waals surface area contributed by atoms with E-state index in [1.54, 1.807) is 32.0 Å². The fourth-order valence-electron chi connectivity index (χ4n) is 1.72. The molecule has 1 heterocycles. The van der Waals surface area contributed by atoms with Gasteiger partial charge in [0.25, 0.3) is 5.91 Å². The lowest BCUT2D eigenvalue weighted by molar-refractivity contribution is 0.0912. The van der Waals surface area contributed by atoms with Crippen molar-refractivity contribution in [2.24, 2.45) is 0 Å². The zero-order valence-electron chi connectivity index (χ0n) is 11.5. The number of nitrogens with zero attached hydrogens (tertiary/aromatic N) is 3. The fourth-order valence-corrected chi connectivity index (χ4v) is 2.28. The van der Waals surface area contributed by atoms with E-state index in [9.17, 15) is 4.79 Å². The van der Waals surface area contributed by atoms with Crippen molar-refractivity contribution in [3.63, 3.8) is 0 Å². The highest BCUT2D eigenvalue weighted by Gasteiger charge is 2.19. The molecule has 2 rings (SSSR count). The summed E-state index contributed by atoms with van der Waals surface area (Å²) in [6.45, 7) is 3.20. The molecular formula is C13H14Cl2N4O2. The minimum Gasteiger partial charge on any atom is -0.394 e. The zero-order valence-corrected chi connectivity index (χ0v) is 13.0. The first-order valence-corrected chi connectivity index (χ1v) is 6.99. The number of para-hydroxylation sites is 1. The first-order chi connectivity index (χ1) is 9.93. The van der Waals surface area contributed by atoms with E-state index in [4.69, 9.17) is 28.3 Å². The lowest BCUT2D eigenvalue weighted by Gasteiger charge is -2.08. The van der Waals surface area contributed by atoms with Gasteiger partial charge in [0.1, 0.15) is 11.5 Å². The van der Waals surface area contributed by atoms with E-state index >= 15 is 0 Å². The molecule has 0 fully saturated rings. The summed E-state index contributed by atoms with van der Waals surface area (Å²) >= 11 is 12.2. The van der Waals surface area contributed by atoms with Gasteiger partial charge in [0.05, 0.1) is 16.7 Å². The second-order valence-corrected chi connectivity index (χ2v) is 5.34. The molecule has 1 amide bonds. The number of carbonyl (C=O) groups excluding carboxylic acids is 1. The Kier molecular flexibility index (Phi) is 4.82. The monoisotopic (exact) mass is 328 g/mol. The van der Waals surface area contributed by atoms with E-state index in [-0.39, 0.29) is 18.5 Å². The predicted molar refractivity (Wildman–Crippen MR) is 80.1 cm³/mol. The van der Waals surface area contributed by atoms with E-state index in [0.29, 0.717) is 21.6 Å². The van der Waals surface area contributed by atoms with Crippen LogP contribution in [-0.2, 0) is 0 Å². The maximum Gasteiger partial charge on any atom is 0.291 e. The van der Waals surface area contributed by atoms with Gasteiger partial charge in [-0.2, -0.15) is 0 Å². The third-order valence-electron chi connectivity index (χ3n) is 2.77. The summed E-state index contributed by atoms with van der Waals surface area (Å²) in [7, 11) is 0. The number of hydrogen-bond acceptors (Lipinski definition) is 4. The average Bonchev–Trinajstić information content (AvgIpc) is 2.81. The molecule has 0 bridgehead atoms. The molecule has 8 heteroatoms. The Balaban J connectivity index is 2.38. The number of amides is 1. The van der Waals surface area contributed by atoms with Crippen molar-refractivity contribution in [1.29, 1.82) is 0 Å². The molecular weight excluding hydrogens is 315 g/mol. The van der Waals surface area contributed by atoms with Crippen molar-refractivity contribution in [1.82, 2.24) is 20.1 Å². The van der Waals surface area contributed by atoms with Crippen molar-refractivity contribution in [3.05, 3.63) is 39.9 Å². The number of nitrogens with one attached hydrogen (secondary N) is 1. The Bertz CT molecular complexity index is 652.